The van der Waals surface area contributed by atoms with Crippen LogP contribution in [0.3, 0.4) is 0 Å². The van der Waals surface area contributed by atoms with E-state index in [-0.39, 0.29) is 24.7 Å². The largest absolute Gasteiger partial charge is 0.484 e. The molecule has 0 saturated heterocycles. The number of carboxylic acids is 1. The Morgan fingerprint density at radius 2 is 2.00 bits per heavy atom. The molecule has 1 aliphatic carbocycles. The number of rotatable bonds is 8. The molecule has 3 N–H and O–H groups in total. The Hall–Kier alpha value is -3.29. The van der Waals surface area contributed by atoms with Gasteiger partial charge in [0.15, 0.2) is 12.4 Å². The van der Waals surface area contributed by atoms with Crippen molar-refractivity contribution in [3.63, 3.8) is 0 Å². The molecule has 1 heterocycles. The standard InChI is InChI=1S/C19H20N2O6/c22-16(21-19(7-3-8-19)11-17(23)24)12-27-14-5-1-4-13(10-14)20-18(25)15-6-2-9-26-15/h1-2,4-6,9-10H,3,7-8,11-12H2,(H,20,25)(H,21,22)(H,23,24). The number of furan rings is 1. The number of amides is 2. The molecule has 1 aromatic heterocycles. The zero-order valence-electron chi connectivity index (χ0n) is 14.6. The van der Waals surface area contributed by atoms with Gasteiger partial charge >= 0.3 is 5.97 Å². The van der Waals surface area contributed by atoms with E-state index in [1.165, 1.54) is 6.26 Å². The Labute approximate surface area is 155 Å². The van der Waals surface area contributed by atoms with Crippen LogP contribution < -0.4 is 15.4 Å². The van der Waals surface area contributed by atoms with E-state index >= 15 is 0 Å². The van der Waals surface area contributed by atoms with Gasteiger partial charge in [0.25, 0.3) is 11.8 Å². The predicted molar refractivity (Wildman–Crippen MR) is 95.6 cm³/mol. The number of aliphatic carboxylic acids is 1. The van der Waals surface area contributed by atoms with Gasteiger partial charge in [0, 0.05) is 11.8 Å². The van der Waals surface area contributed by atoms with Gasteiger partial charge in [-0.05, 0) is 43.5 Å². The molecule has 0 bridgehead atoms. The number of nitrogens with one attached hydrogen (secondary N) is 2. The van der Waals surface area contributed by atoms with Crippen molar-refractivity contribution in [2.75, 3.05) is 11.9 Å². The Morgan fingerprint density at radius 3 is 2.63 bits per heavy atom. The van der Waals surface area contributed by atoms with Gasteiger partial charge in [-0.2, -0.15) is 0 Å². The number of hydrogen-bond acceptors (Lipinski definition) is 5. The van der Waals surface area contributed by atoms with Gasteiger partial charge in [-0.1, -0.05) is 6.07 Å². The molecular weight excluding hydrogens is 352 g/mol. The number of carbonyl (C=O) groups excluding carboxylic acids is 2. The Bertz CT molecular complexity index is 826. The first-order chi connectivity index (χ1) is 13.0. The Balaban J connectivity index is 1.53. The van der Waals surface area contributed by atoms with E-state index in [9.17, 15) is 14.4 Å². The summed E-state index contributed by atoms with van der Waals surface area (Å²) in [6, 6.07) is 9.78. The van der Waals surface area contributed by atoms with Crippen LogP contribution in [-0.4, -0.2) is 35.0 Å². The summed E-state index contributed by atoms with van der Waals surface area (Å²) in [5, 5.41) is 14.4. The molecule has 1 fully saturated rings. The molecule has 8 heteroatoms. The van der Waals surface area contributed by atoms with Crippen LogP contribution in [0.5, 0.6) is 5.75 Å². The average Bonchev–Trinajstić information content (AvgIpc) is 3.13. The molecule has 2 aromatic rings. The van der Waals surface area contributed by atoms with E-state index in [4.69, 9.17) is 14.3 Å². The summed E-state index contributed by atoms with van der Waals surface area (Å²) in [6.07, 6.45) is 3.52. The Kier molecular flexibility index (Phi) is 5.44. The van der Waals surface area contributed by atoms with Crippen molar-refractivity contribution in [1.82, 2.24) is 5.32 Å². The first-order valence-electron chi connectivity index (χ1n) is 8.56. The molecule has 2 amide bonds. The van der Waals surface area contributed by atoms with Crippen LogP contribution in [0.2, 0.25) is 0 Å². The normalized spacial score (nSPS) is 14.7. The molecule has 0 spiro atoms. The molecule has 0 aliphatic heterocycles. The zero-order valence-corrected chi connectivity index (χ0v) is 14.6. The fraction of sp³-hybridized carbons (Fsp3) is 0.316. The van der Waals surface area contributed by atoms with Crippen LogP contribution >= 0.6 is 0 Å². The lowest BCUT2D eigenvalue weighted by molar-refractivity contribution is -0.140. The van der Waals surface area contributed by atoms with Crippen LogP contribution in [0.1, 0.15) is 36.2 Å². The molecule has 27 heavy (non-hydrogen) atoms. The fourth-order valence-corrected chi connectivity index (χ4v) is 2.98. The molecule has 0 unspecified atom stereocenters. The maximum atomic E-state index is 12.1. The lowest BCUT2D eigenvalue weighted by Gasteiger charge is -2.41. The molecule has 0 atom stereocenters. The van der Waals surface area contributed by atoms with Gasteiger partial charge in [0.1, 0.15) is 5.75 Å². The number of ether oxygens (including phenoxy) is 1. The maximum absolute atomic E-state index is 12.1. The minimum Gasteiger partial charge on any atom is -0.484 e. The van der Waals surface area contributed by atoms with Gasteiger partial charge < -0.3 is 24.9 Å². The molecule has 142 valence electrons. The van der Waals surface area contributed by atoms with Crippen LogP contribution in [0.15, 0.2) is 47.1 Å². The number of anilines is 1. The van der Waals surface area contributed by atoms with Crippen molar-refractivity contribution in [2.45, 2.75) is 31.2 Å². The molecular formula is C19H20N2O6. The third-order valence-corrected chi connectivity index (χ3v) is 4.41. The number of hydrogen-bond donors (Lipinski definition) is 3. The third-order valence-electron chi connectivity index (χ3n) is 4.41. The quantitative estimate of drug-likeness (QED) is 0.655. The first-order valence-corrected chi connectivity index (χ1v) is 8.56. The predicted octanol–water partition coefficient (Wildman–Crippen LogP) is 2.42. The second kappa shape index (κ2) is 7.94. The van der Waals surface area contributed by atoms with Gasteiger partial charge in [0.05, 0.1) is 18.2 Å². The van der Waals surface area contributed by atoms with Gasteiger partial charge in [-0.15, -0.1) is 0 Å². The van der Waals surface area contributed by atoms with Crippen LogP contribution in [0.4, 0.5) is 5.69 Å². The van der Waals surface area contributed by atoms with E-state index in [1.54, 1.807) is 36.4 Å². The van der Waals surface area contributed by atoms with E-state index in [0.717, 1.165) is 6.42 Å². The lowest BCUT2D eigenvalue weighted by Crippen LogP contribution is -2.55. The minimum absolute atomic E-state index is 0.0902. The summed E-state index contributed by atoms with van der Waals surface area (Å²) in [4.78, 5) is 35.0. The van der Waals surface area contributed by atoms with Crippen molar-refractivity contribution < 1.29 is 28.6 Å². The highest BCUT2D eigenvalue weighted by Gasteiger charge is 2.40. The Morgan fingerprint density at radius 1 is 1.19 bits per heavy atom. The third kappa shape index (κ3) is 4.87. The number of carbonyl (C=O) groups is 3. The summed E-state index contributed by atoms with van der Waals surface area (Å²) in [5.74, 6) is -1.11. The smallest absolute Gasteiger partial charge is 0.305 e. The highest BCUT2D eigenvalue weighted by Crippen LogP contribution is 2.34. The summed E-state index contributed by atoms with van der Waals surface area (Å²) in [5.41, 5.74) is -0.166. The van der Waals surface area contributed by atoms with Crippen molar-refractivity contribution in [1.29, 1.82) is 0 Å². The summed E-state index contributed by atoms with van der Waals surface area (Å²) < 4.78 is 10.5. The lowest BCUT2D eigenvalue weighted by atomic mass is 9.74. The van der Waals surface area contributed by atoms with E-state index in [2.05, 4.69) is 10.6 Å². The van der Waals surface area contributed by atoms with Gasteiger partial charge in [-0.3, -0.25) is 14.4 Å². The van der Waals surface area contributed by atoms with E-state index in [0.29, 0.717) is 24.3 Å². The summed E-state index contributed by atoms with van der Waals surface area (Å²) in [6.45, 7) is -0.239. The molecule has 1 saturated carbocycles. The van der Waals surface area contributed by atoms with Crippen molar-refractivity contribution >= 4 is 23.5 Å². The van der Waals surface area contributed by atoms with E-state index < -0.39 is 17.4 Å². The zero-order chi connectivity index (χ0) is 19.3. The second-order valence-electron chi connectivity index (χ2n) is 6.50. The molecule has 0 radical (unpaired) electrons. The average molecular weight is 372 g/mol. The highest BCUT2D eigenvalue weighted by atomic mass is 16.5. The van der Waals surface area contributed by atoms with Crippen LogP contribution in [0.25, 0.3) is 0 Å². The van der Waals surface area contributed by atoms with Crippen LogP contribution in [0, 0.1) is 0 Å². The summed E-state index contributed by atoms with van der Waals surface area (Å²) in [7, 11) is 0. The molecule has 3 rings (SSSR count). The topological polar surface area (TPSA) is 118 Å². The minimum atomic E-state index is -0.934. The van der Waals surface area contributed by atoms with Gasteiger partial charge in [-0.25, -0.2) is 0 Å². The van der Waals surface area contributed by atoms with Crippen molar-refractivity contribution in [3.05, 3.63) is 48.4 Å². The SMILES string of the molecule is O=C(O)CC1(NC(=O)COc2cccc(NC(=O)c3ccco3)c2)CCC1. The first kappa shape index (κ1) is 18.5. The maximum Gasteiger partial charge on any atom is 0.305 e. The monoisotopic (exact) mass is 372 g/mol. The summed E-state index contributed by atoms with van der Waals surface area (Å²) >= 11 is 0. The van der Waals surface area contributed by atoms with Crippen molar-refractivity contribution in [2.24, 2.45) is 0 Å². The second-order valence-corrected chi connectivity index (χ2v) is 6.50. The fourth-order valence-electron chi connectivity index (χ4n) is 2.98. The van der Waals surface area contributed by atoms with Gasteiger partial charge in [0.2, 0.25) is 0 Å². The molecule has 1 aliphatic rings. The number of benzene rings is 1. The molecule has 8 nitrogen and oxygen atoms in total. The highest BCUT2D eigenvalue weighted by molar-refractivity contribution is 6.02. The van der Waals surface area contributed by atoms with Crippen LogP contribution in [-0.2, 0) is 9.59 Å². The van der Waals surface area contributed by atoms with E-state index in [1.807, 2.05) is 0 Å². The number of carboxylic acid groups (broad SMARTS) is 1. The van der Waals surface area contributed by atoms with Crippen molar-refractivity contribution in [3.8, 4) is 5.75 Å². The molecule has 1 aromatic carbocycles.